The maximum absolute atomic E-state index is 12.4. The Bertz CT molecular complexity index is 480. The van der Waals surface area contributed by atoms with Crippen molar-refractivity contribution >= 4 is 22.4 Å². The molecule has 18 heavy (non-hydrogen) atoms. The van der Waals surface area contributed by atoms with Gasteiger partial charge in [-0.2, -0.15) is 9.40 Å². The van der Waals surface area contributed by atoms with Crippen molar-refractivity contribution in [2.45, 2.75) is 37.4 Å². The highest BCUT2D eigenvalue weighted by atomic mass is 35.5. The summed E-state index contributed by atoms with van der Waals surface area (Å²) in [5.41, 5.74) is 5.78. The smallest absolute Gasteiger partial charge is 0.260 e. The second-order valence-corrected chi connectivity index (χ2v) is 6.11. The second-order valence-electron chi connectivity index (χ2n) is 4.23. The summed E-state index contributed by atoms with van der Waals surface area (Å²) >= 11 is 0. The predicted molar refractivity (Wildman–Crippen MR) is 71.1 cm³/mol. The fraction of sp³-hybridized carbons (Fsp3) is 0.700. The van der Waals surface area contributed by atoms with Crippen LogP contribution in [0.4, 0.5) is 0 Å². The van der Waals surface area contributed by atoms with Crippen molar-refractivity contribution in [3.63, 3.8) is 0 Å². The molecule has 1 aromatic rings. The third-order valence-electron chi connectivity index (χ3n) is 3.08. The second kappa shape index (κ2) is 6.01. The number of aromatic nitrogens is 2. The van der Waals surface area contributed by atoms with Crippen LogP contribution in [-0.4, -0.2) is 41.6 Å². The lowest BCUT2D eigenvalue weighted by Crippen LogP contribution is -2.43. The largest absolute Gasteiger partial charge is 0.328 e. The number of halogens is 1. The van der Waals surface area contributed by atoms with Gasteiger partial charge in [0.2, 0.25) is 0 Å². The molecule has 0 aromatic carbocycles. The normalized spacial score (nSPS) is 18.6. The van der Waals surface area contributed by atoms with Gasteiger partial charge in [-0.15, -0.1) is 12.4 Å². The van der Waals surface area contributed by atoms with Crippen LogP contribution in [0.3, 0.4) is 0 Å². The SMILES string of the molecule is CCn1nccc1S(=O)(=O)N1CCC(N)CC1.Cl. The fourth-order valence-corrected chi connectivity index (χ4v) is 3.66. The van der Waals surface area contributed by atoms with Crippen molar-refractivity contribution in [2.24, 2.45) is 5.73 Å². The molecule has 2 rings (SSSR count). The molecular formula is C10H19ClN4O2S. The number of aryl methyl sites for hydroxylation is 1. The van der Waals surface area contributed by atoms with Gasteiger partial charge in [0.25, 0.3) is 10.0 Å². The van der Waals surface area contributed by atoms with E-state index in [0.29, 0.717) is 19.6 Å². The Balaban J connectivity index is 0.00000162. The Kier molecular flexibility index (Phi) is 5.15. The van der Waals surface area contributed by atoms with Crippen LogP contribution >= 0.6 is 12.4 Å². The van der Waals surface area contributed by atoms with E-state index in [2.05, 4.69) is 5.10 Å². The van der Waals surface area contributed by atoms with Crippen molar-refractivity contribution in [3.05, 3.63) is 12.3 Å². The molecule has 0 unspecified atom stereocenters. The molecule has 1 aliphatic rings. The molecule has 0 aliphatic carbocycles. The summed E-state index contributed by atoms with van der Waals surface area (Å²) in [4.78, 5) is 0. The lowest BCUT2D eigenvalue weighted by Gasteiger charge is -2.29. The first-order valence-electron chi connectivity index (χ1n) is 5.83. The van der Waals surface area contributed by atoms with Crippen LogP contribution in [-0.2, 0) is 16.6 Å². The average Bonchev–Trinajstić information content (AvgIpc) is 2.78. The van der Waals surface area contributed by atoms with E-state index in [-0.39, 0.29) is 23.5 Å². The number of nitrogens with zero attached hydrogens (tertiary/aromatic N) is 3. The Morgan fingerprint density at radius 3 is 2.61 bits per heavy atom. The number of piperidine rings is 1. The molecule has 0 bridgehead atoms. The van der Waals surface area contributed by atoms with Crippen LogP contribution < -0.4 is 5.73 Å². The van der Waals surface area contributed by atoms with Crippen LogP contribution in [0.5, 0.6) is 0 Å². The van der Waals surface area contributed by atoms with E-state index >= 15 is 0 Å². The van der Waals surface area contributed by atoms with Gasteiger partial charge < -0.3 is 5.73 Å². The summed E-state index contributed by atoms with van der Waals surface area (Å²) < 4.78 is 27.7. The molecule has 1 aromatic heterocycles. The van der Waals surface area contributed by atoms with E-state index in [1.165, 1.54) is 15.2 Å². The number of nitrogens with two attached hydrogens (primary N) is 1. The maximum Gasteiger partial charge on any atom is 0.260 e. The van der Waals surface area contributed by atoms with Crippen LogP contribution in [0.1, 0.15) is 19.8 Å². The highest BCUT2D eigenvalue weighted by Crippen LogP contribution is 2.19. The van der Waals surface area contributed by atoms with Gasteiger partial charge in [0, 0.05) is 25.7 Å². The Morgan fingerprint density at radius 2 is 2.06 bits per heavy atom. The third kappa shape index (κ3) is 2.85. The van der Waals surface area contributed by atoms with Crippen molar-refractivity contribution in [1.29, 1.82) is 0 Å². The molecule has 0 radical (unpaired) electrons. The molecule has 1 aliphatic heterocycles. The summed E-state index contributed by atoms with van der Waals surface area (Å²) in [5.74, 6) is 0. The molecule has 2 N–H and O–H groups in total. The first kappa shape index (κ1) is 15.4. The number of rotatable bonds is 3. The topological polar surface area (TPSA) is 81.2 Å². The molecule has 1 fully saturated rings. The van der Waals surface area contributed by atoms with Crippen molar-refractivity contribution in [1.82, 2.24) is 14.1 Å². The minimum Gasteiger partial charge on any atom is -0.328 e. The minimum atomic E-state index is -3.41. The van der Waals surface area contributed by atoms with E-state index < -0.39 is 10.0 Å². The molecule has 104 valence electrons. The van der Waals surface area contributed by atoms with Gasteiger partial charge in [-0.1, -0.05) is 0 Å². The molecule has 0 atom stereocenters. The van der Waals surface area contributed by atoms with E-state index in [1.807, 2.05) is 6.92 Å². The Morgan fingerprint density at radius 1 is 1.44 bits per heavy atom. The molecule has 0 saturated carbocycles. The summed E-state index contributed by atoms with van der Waals surface area (Å²) in [6.45, 7) is 3.42. The lowest BCUT2D eigenvalue weighted by molar-refractivity contribution is 0.317. The minimum absolute atomic E-state index is 0. The van der Waals surface area contributed by atoms with Crippen LogP contribution in [0, 0.1) is 0 Å². The predicted octanol–water partition coefficient (Wildman–Crippen LogP) is 0.437. The zero-order valence-corrected chi connectivity index (χ0v) is 12.0. The zero-order chi connectivity index (χ0) is 12.5. The molecule has 6 nitrogen and oxygen atoms in total. The average molecular weight is 295 g/mol. The summed E-state index contributed by atoms with van der Waals surface area (Å²) in [6.07, 6.45) is 2.96. The van der Waals surface area contributed by atoms with Gasteiger partial charge >= 0.3 is 0 Å². The first-order chi connectivity index (χ1) is 8.05. The van der Waals surface area contributed by atoms with Gasteiger partial charge in [-0.25, -0.2) is 8.42 Å². The van der Waals surface area contributed by atoms with Crippen molar-refractivity contribution < 1.29 is 8.42 Å². The summed E-state index contributed by atoms with van der Waals surface area (Å²) in [5, 5.41) is 4.27. The highest BCUT2D eigenvalue weighted by molar-refractivity contribution is 7.89. The van der Waals surface area contributed by atoms with Crippen molar-refractivity contribution in [2.75, 3.05) is 13.1 Å². The van der Waals surface area contributed by atoms with Gasteiger partial charge in [0.05, 0.1) is 6.20 Å². The first-order valence-corrected chi connectivity index (χ1v) is 7.27. The van der Waals surface area contributed by atoms with Gasteiger partial charge in [-0.3, -0.25) is 4.68 Å². The molecule has 2 heterocycles. The molecule has 0 spiro atoms. The number of hydrogen-bond acceptors (Lipinski definition) is 4. The molecule has 0 amide bonds. The van der Waals surface area contributed by atoms with Crippen LogP contribution in [0.15, 0.2) is 17.3 Å². The fourth-order valence-electron chi connectivity index (χ4n) is 2.03. The molecular weight excluding hydrogens is 276 g/mol. The van der Waals surface area contributed by atoms with Gasteiger partial charge in [0.1, 0.15) is 0 Å². The van der Waals surface area contributed by atoms with Crippen LogP contribution in [0.25, 0.3) is 0 Å². The summed E-state index contributed by atoms with van der Waals surface area (Å²) in [6, 6.07) is 1.67. The van der Waals surface area contributed by atoms with Crippen molar-refractivity contribution in [3.8, 4) is 0 Å². The highest BCUT2D eigenvalue weighted by Gasteiger charge is 2.30. The van der Waals surface area contributed by atoms with Gasteiger partial charge in [0.15, 0.2) is 5.03 Å². The monoisotopic (exact) mass is 294 g/mol. The van der Waals surface area contributed by atoms with Crippen LogP contribution in [0.2, 0.25) is 0 Å². The quantitative estimate of drug-likeness (QED) is 0.877. The van der Waals surface area contributed by atoms with Gasteiger partial charge in [-0.05, 0) is 25.8 Å². The molecule has 1 saturated heterocycles. The number of sulfonamides is 1. The zero-order valence-electron chi connectivity index (χ0n) is 10.3. The Labute approximate surface area is 114 Å². The standard InChI is InChI=1S/C10H18N4O2S.ClH/c1-2-14-10(3-6-12-14)17(15,16)13-7-4-9(11)5-8-13;/h3,6,9H,2,4-5,7-8,11H2,1H3;1H. The van der Waals surface area contributed by atoms with E-state index in [4.69, 9.17) is 5.73 Å². The Hall–Kier alpha value is -0.630. The maximum atomic E-state index is 12.4. The van der Waals surface area contributed by atoms with E-state index in [9.17, 15) is 8.42 Å². The van der Waals surface area contributed by atoms with E-state index in [0.717, 1.165) is 12.8 Å². The number of hydrogen-bond donors (Lipinski definition) is 1. The third-order valence-corrected chi connectivity index (χ3v) is 5.00. The lowest BCUT2D eigenvalue weighted by atomic mass is 10.1. The summed E-state index contributed by atoms with van der Waals surface area (Å²) in [7, 11) is -3.41. The molecule has 8 heteroatoms. The van der Waals surface area contributed by atoms with E-state index in [1.54, 1.807) is 6.07 Å².